The summed E-state index contributed by atoms with van der Waals surface area (Å²) >= 11 is 5.33. The van der Waals surface area contributed by atoms with Gasteiger partial charge in [-0.25, -0.2) is 4.39 Å². The summed E-state index contributed by atoms with van der Waals surface area (Å²) in [6, 6.07) is 6.12. The van der Waals surface area contributed by atoms with Gasteiger partial charge in [-0.05, 0) is 12.1 Å². The molecule has 50 valence electrons. The van der Waals surface area contributed by atoms with Gasteiger partial charge < -0.3 is 12.4 Å². The molecule has 1 rings (SSSR count). The van der Waals surface area contributed by atoms with Crippen LogP contribution in [0.5, 0.6) is 0 Å². The fourth-order valence-electron chi connectivity index (χ4n) is 0.439. The SMILES string of the molecule is Fc1ccccc1Cl.[Cl-].[Mg+2]. The van der Waals surface area contributed by atoms with Crippen molar-refractivity contribution in [1.82, 2.24) is 0 Å². The Balaban J connectivity index is 0. The van der Waals surface area contributed by atoms with Crippen LogP contribution in [0.25, 0.3) is 0 Å². The molecule has 0 fully saturated rings. The third-order valence-electron chi connectivity index (χ3n) is 0.824. The van der Waals surface area contributed by atoms with Gasteiger partial charge in [-0.15, -0.1) is 0 Å². The molecule has 0 radical (unpaired) electrons. The van der Waals surface area contributed by atoms with E-state index in [9.17, 15) is 4.39 Å². The summed E-state index contributed by atoms with van der Waals surface area (Å²) in [5.41, 5.74) is 0. The van der Waals surface area contributed by atoms with Crippen LogP contribution < -0.4 is 12.4 Å². The molecule has 10 heavy (non-hydrogen) atoms. The van der Waals surface area contributed by atoms with Crippen LogP contribution in [0.3, 0.4) is 0 Å². The Kier molecular flexibility index (Phi) is 8.16. The third-order valence-corrected chi connectivity index (χ3v) is 1.13. The molecule has 0 aliphatic heterocycles. The topological polar surface area (TPSA) is 0 Å². The maximum atomic E-state index is 12.2. The number of hydrogen-bond donors (Lipinski definition) is 0. The van der Waals surface area contributed by atoms with E-state index in [0.29, 0.717) is 0 Å². The predicted octanol–water partition coefficient (Wildman–Crippen LogP) is -0.898. The van der Waals surface area contributed by atoms with Gasteiger partial charge in [0.15, 0.2) is 0 Å². The van der Waals surface area contributed by atoms with Gasteiger partial charge >= 0.3 is 23.1 Å². The maximum absolute atomic E-state index is 12.2. The summed E-state index contributed by atoms with van der Waals surface area (Å²) in [7, 11) is 0. The molecule has 0 spiro atoms. The van der Waals surface area contributed by atoms with Gasteiger partial charge in [-0.2, -0.15) is 0 Å². The van der Waals surface area contributed by atoms with Crippen LogP contribution in [0.2, 0.25) is 5.02 Å². The second kappa shape index (κ2) is 6.22. The molecule has 1 aromatic rings. The third kappa shape index (κ3) is 3.61. The molecule has 0 N–H and O–H groups in total. The normalized spacial score (nSPS) is 7.40. The maximum Gasteiger partial charge on any atom is 2.00 e. The van der Waals surface area contributed by atoms with Gasteiger partial charge in [0.2, 0.25) is 0 Å². The molecule has 0 aliphatic carbocycles. The molecule has 0 heterocycles. The summed E-state index contributed by atoms with van der Waals surface area (Å²) < 4.78 is 12.2. The molecule has 0 amide bonds. The summed E-state index contributed by atoms with van der Waals surface area (Å²) in [5, 5.41) is 0.174. The zero-order valence-corrected chi connectivity index (χ0v) is 8.08. The molecular formula is C6H4Cl2FMg+. The Hall–Kier alpha value is 0.496. The van der Waals surface area contributed by atoms with Crippen molar-refractivity contribution in [2.24, 2.45) is 0 Å². The van der Waals surface area contributed by atoms with E-state index in [-0.39, 0.29) is 46.3 Å². The van der Waals surface area contributed by atoms with E-state index >= 15 is 0 Å². The van der Waals surface area contributed by atoms with Gasteiger partial charge in [0.1, 0.15) is 5.82 Å². The Labute approximate surface area is 86.3 Å². The van der Waals surface area contributed by atoms with Crippen LogP contribution in [-0.2, 0) is 0 Å². The molecule has 0 saturated heterocycles. The predicted molar refractivity (Wildman–Crippen MR) is 37.2 cm³/mol. The first-order valence-electron chi connectivity index (χ1n) is 2.21. The second-order valence-corrected chi connectivity index (χ2v) is 1.82. The van der Waals surface area contributed by atoms with E-state index in [1.54, 1.807) is 12.1 Å². The fraction of sp³-hybridized carbons (Fsp3) is 0. The molecule has 0 saturated carbocycles. The van der Waals surface area contributed by atoms with Crippen molar-refractivity contribution in [3.8, 4) is 0 Å². The van der Waals surface area contributed by atoms with Crippen molar-refractivity contribution < 1.29 is 16.8 Å². The zero-order valence-electron chi connectivity index (χ0n) is 5.15. The molecule has 0 atom stereocenters. The van der Waals surface area contributed by atoms with Crippen LogP contribution in [0.15, 0.2) is 24.3 Å². The van der Waals surface area contributed by atoms with E-state index in [1.165, 1.54) is 12.1 Å². The number of hydrogen-bond acceptors (Lipinski definition) is 0. The second-order valence-electron chi connectivity index (χ2n) is 1.41. The Bertz CT molecular complexity index is 172. The van der Waals surface area contributed by atoms with E-state index in [1.807, 2.05) is 0 Å². The van der Waals surface area contributed by atoms with Crippen molar-refractivity contribution in [2.45, 2.75) is 0 Å². The quantitative estimate of drug-likeness (QED) is 0.465. The minimum Gasteiger partial charge on any atom is -1.00 e. The first-order valence-corrected chi connectivity index (χ1v) is 2.58. The zero-order chi connectivity index (χ0) is 5.98. The largest absolute Gasteiger partial charge is 2.00 e. The molecule has 0 unspecified atom stereocenters. The average molecular weight is 190 g/mol. The first kappa shape index (κ1) is 13.1. The van der Waals surface area contributed by atoms with Crippen molar-refractivity contribution >= 4 is 34.7 Å². The Morgan fingerprint density at radius 3 is 2.00 bits per heavy atom. The average Bonchev–Trinajstić information content (AvgIpc) is 1.77. The minimum atomic E-state index is -0.367. The number of halogens is 3. The molecule has 0 bridgehead atoms. The Morgan fingerprint density at radius 2 is 1.70 bits per heavy atom. The van der Waals surface area contributed by atoms with Crippen LogP contribution in [0, 0.1) is 5.82 Å². The van der Waals surface area contributed by atoms with Crippen molar-refractivity contribution in [1.29, 1.82) is 0 Å². The van der Waals surface area contributed by atoms with Crippen LogP contribution in [0.1, 0.15) is 0 Å². The van der Waals surface area contributed by atoms with E-state index in [2.05, 4.69) is 0 Å². The molecule has 0 aromatic heterocycles. The van der Waals surface area contributed by atoms with Crippen molar-refractivity contribution in [3.05, 3.63) is 35.1 Å². The minimum absolute atomic E-state index is 0. The smallest absolute Gasteiger partial charge is 1.00 e. The van der Waals surface area contributed by atoms with Crippen molar-refractivity contribution in [2.75, 3.05) is 0 Å². The van der Waals surface area contributed by atoms with E-state index in [4.69, 9.17) is 11.6 Å². The molecule has 0 nitrogen and oxygen atoms in total. The molecule has 1 aromatic carbocycles. The number of rotatable bonds is 0. The standard InChI is InChI=1S/C6H4ClF.ClH.Mg/c7-5-3-1-2-4-6(5)8;;/h1-4H;1H;/q;;+2/p-1. The first-order chi connectivity index (χ1) is 3.80. The van der Waals surface area contributed by atoms with E-state index < -0.39 is 0 Å². The van der Waals surface area contributed by atoms with Gasteiger partial charge in [-0.1, -0.05) is 23.7 Å². The molecule has 0 aliphatic rings. The Morgan fingerprint density at radius 1 is 1.20 bits per heavy atom. The van der Waals surface area contributed by atoms with Gasteiger partial charge in [0.25, 0.3) is 0 Å². The molecule has 4 heteroatoms. The monoisotopic (exact) mass is 189 g/mol. The fourth-order valence-corrected chi connectivity index (χ4v) is 0.575. The van der Waals surface area contributed by atoms with E-state index in [0.717, 1.165) is 0 Å². The van der Waals surface area contributed by atoms with Gasteiger partial charge in [-0.3, -0.25) is 0 Å². The van der Waals surface area contributed by atoms with Gasteiger partial charge in [0.05, 0.1) is 5.02 Å². The summed E-state index contributed by atoms with van der Waals surface area (Å²) in [6.07, 6.45) is 0. The van der Waals surface area contributed by atoms with Gasteiger partial charge in [0, 0.05) is 0 Å². The summed E-state index contributed by atoms with van der Waals surface area (Å²) in [5.74, 6) is -0.367. The summed E-state index contributed by atoms with van der Waals surface area (Å²) in [4.78, 5) is 0. The van der Waals surface area contributed by atoms with Crippen LogP contribution in [0.4, 0.5) is 4.39 Å². The van der Waals surface area contributed by atoms with Crippen molar-refractivity contribution in [3.63, 3.8) is 0 Å². The van der Waals surface area contributed by atoms with Crippen LogP contribution in [-0.4, -0.2) is 23.1 Å². The van der Waals surface area contributed by atoms with Crippen LogP contribution >= 0.6 is 11.6 Å². The summed E-state index contributed by atoms with van der Waals surface area (Å²) in [6.45, 7) is 0. The number of benzene rings is 1. The molecular weight excluding hydrogens is 186 g/mol.